The highest BCUT2D eigenvalue weighted by atomic mass is 16.6. The standard InChI is InChI=1S/C65H104O6/c1-4-7-10-13-16-19-22-25-28-30-32-34-37-39-42-45-48-51-54-57-63(66)69-60-62(71-65(68)59-56-53-50-47-44-41-36-27-24-21-18-15-12-9-6-3)61-70-64(67)58-55-52-49-46-43-40-38-35-33-31-29-26-23-20-17-14-11-8-5-2/h7,10,16-17,19-20,25-29,32-36,39-40,42-43,48,51,62H,4-6,8-9,11-15,18,21-24,30-31,37-38,41,44-47,49-50,52-61H2,1-3H3/b10-7-,19-16-,20-17-,28-25-,29-26-,34-32-,35-33-,36-27-,42-39-,43-40-,51-48-/t62-/m1/s1. The summed E-state index contributed by atoms with van der Waals surface area (Å²) in [5.41, 5.74) is 0. The van der Waals surface area contributed by atoms with Crippen LogP contribution in [0.15, 0.2) is 134 Å². The first-order chi connectivity index (χ1) is 35.0. The number of hydrogen-bond donors (Lipinski definition) is 0. The predicted octanol–water partition coefficient (Wildman–Crippen LogP) is 19.4. The van der Waals surface area contributed by atoms with Crippen LogP contribution in [0.2, 0.25) is 0 Å². The molecule has 0 aliphatic heterocycles. The summed E-state index contributed by atoms with van der Waals surface area (Å²) >= 11 is 0. The molecule has 0 radical (unpaired) electrons. The molecular weight excluding hydrogens is 877 g/mol. The van der Waals surface area contributed by atoms with Crippen LogP contribution in [0.5, 0.6) is 0 Å². The summed E-state index contributed by atoms with van der Waals surface area (Å²) < 4.78 is 16.8. The fraction of sp³-hybridized carbons (Fsp3) is 0.615. The predicted molar refractivity (Wildman–Crippen MR) is 306 cm³/mol. The molecule has 0 N–H and O–H groups in total. The van der Waals surface area contributed by atoms with E-state index in [1.807, 2.05) is 12.2 Å². The van der Waals surface area contributed by atoms with E-state index in [4.69, 9.17) is 14.2 Å². The molecule has 400 valence electrons. The Kier molecular flexibility index (Phi) is 54.5. The Labute approximate surface area is 436 Å². The van der Waals surface area contributed by atoms with Gasteiger partial charge in [0.15, 0.2) is 6.10 Å². The number of carbonyl (C=O) groups excluding carboxylic acids is 3. The minimum atomic E-state index is -0.832. The summed E-state index contributed by atoms with van der Waals surface area (Å²) in [4.78, 5) is 38.1. The highest BCUT2D eigenvalue weighted by Crippen LogP contribution is 2.13. The number of hydrogen-bond acceptors (Lipinski definition) is 6. The molecule has 0 rings (SSSR count). The van der Waals surface area contributed by atoms with Crippen molar-refractivity contribution < 1.29 is 28.6 Å². The first-order valence-electron chi connectivity index (χ1n) is 28.7. The van der Waals surface area contributed by atoms with E-state index in [1.165, 1.54) is 77.0 Å². The second kappa shape index (κ2) is 58.1. The number of unbranched alkanes of at least 4 members (excludes halogenated alkanes) is 17. The monoisotopic (exact) mass is 981 g/mol. The number of esters is 3. The molecule has 0 spiro atoms. The van der Waals surface area contributed by atoms with E-state index in [1.54, 1.807) is 0 Å². The fourth-order valence-electron chi connectivity index (χ4n) is 7.33. The van der Waals surface area contributed by atoms with Crippen LogP contribution in [-0.4, -0.2) is 37.2 Å². The molecule has 71 heavy (non-hydrogen) atoms. The zero-order chi connectivity index (χ0) is 51.4. The van der Waals surface area contributed by atoms with E-state index in [0.717, 1.165) is 116 Å². The Hall–Kier alpha value is -4.45. The highest BCUT2D eigenvalue weighted by Gasteiger charge is 2.19. The van der Waals surface area contributed by atoms with Crippen LogP contribution in [0, 0.1) is 0 Å². The molecule has 0 saturated carbocycles. The Morgan fingerprint density at radius 3 is 1.00 bits per heavy atom. The van der Waals surface area contributed by atoms with E-state index in [-0.39, 0.29) is 37.5 Å². The maximum Gasteiger partial charge on any atom is 0.306 e. The van der Waals surface area contributed by atoms with Crippen molar-refractivity contribution in [2.45, 2.75) is 245 Å². The summed E-state index contributed by atoms with van der Waals surface area (Å²) in [5.74, 6) is -1.05. The maximum atomic E-state index is 12.8. The molecule has 0 amide bonds. The van der Waals surface area contributed by atoms with Crippen LogP contribution < -0.4 is 0 Å². The van der Waals surface area contributed by atoms with Crippen LogP contribution in [-0.2, 0) is 28.6 Å². The van der Waals surface area contributed by atoms with Gasteiger partial charge in [-0.1, -0.05) is 225 Å². The summed E-state index contributed by atoms with van der Waals surface area (Å²) in [5, 5.41) is 0. The van der Waals surface area contributed by atoms with E-state index >= 15 is 0 Å². The number of carbonyl (C=O) groups is 3. The van der Waals surface area contributed by atoms with Gasteiger partial charge in [0.2, 0.25) is 0 Å². The van der Waals surface area contributed by atoms with Crippen molar-refractivity contribution >= 4 is 17.9 Å². The quantitative estimate of drug-likeness (QED) is 0.0262. The lowest BCUT2D eigenvalue weighted by atomic mass is 10.1. The van der Waals surface area contributed by atoms with Crippen LogP contribution in [0.25, 0.3) is 0 Å². The van der Waals surface area contributed by atoms with Gasteiger partial charge in [-0.3, -0.25) is 14.4 Å². The molecule has 0 aliphatic carbocycles. The second-order valence-electron chi connectivity index (χ2n) is 18.5. The first kappa shape index (κ1) is 66.6. The smallest absolute Gasteiger partial charge is 0.306 e. The van der Waals surface area contributed by atoms with Crippen molar-refractivity contribution in [2.75, 3.05) is 13.2 Å². The lowest BCUT2D eigenvalue weighted by Gasteiger charge is -2.18. The Balaban J connectivity index is 4.58. The second-order valence-corrected chi connectivity index (χ2v) is 18.5. The van der Waals surface area contributed by atoms with Crippen LogP contribution in [0.3, 0.4) is 0 Å². The van der Waals surface area contributed by atoms with E-state index in [9.17, 15) is 14.4 Å². The van der Waals surface area contributed by atoms with Crippen molar-refractivity contribution in [3.05, 3.63) is 134 Å². The number of rotatable bonds is 50. The van der Waals surface area contributed by atoms with Crippen LogP contribution >= 0.6 is 0 Å². The van der Waals surface area contributed by atoms with Gasteiger partial charge in [-0.25, -0.2) is 0 Å². The summed E-state index contributed by atoms with van der Waals surface area (Å²) in [7, 11) is 0. The molecule has 0 saturated heterocycles. The summed E-state index contributed by atoms with van der Waals surface area (Å²) in [6, 6.07) is 0. The Bertz CT molecular complexity index is 1550. The van der Waals surface area contributed by atoms with E-state index in [0.29, 0.717) is 19.3 Å². The number of ether oxygens (including phenoxy) is 3. The van der Waals surface area contributed by atoms with Gasteiger partial charge < -0.3 is 14.2 Å². The molecule has 0 aromatic rings. The van der Waals surface area contributed by atoms with Gasteiger partial charge in [-0.15, -0.1) is 0 Å². The molecule has 6 nitrogen and oxygen atoms in total. The SMILES string of the molecule is CC/C=C\C/C=C\C/C=C\C/C=C\C/C=C\C/C=C\CCC(=O)OC[C@H](COC(=O)CCCCC/C=C\C/C=C\C/C=C\C/C=C\CCCCC)OC(=O)CCCCCCC/C=C\CCCCCCCC. The van der Waals surface area contributed by atoms with Gasteiger partial charge in [-0.2, -0.15) is 0 Å². The third kappa shape index (κ3) is 56.3. The topological polar surface area (TPSA) is 78.9 Å². The van der Waals surface area contributed by atoms with E-state index < -0.39 is 6.10 Å². The van der Waals surface area contributed by atoms with Gasteiger partial charge in [0.1, 0.15) is 13.2 Å². The largest absolute Gasteiger partial charge is 0.462 e. The van der Waals surface area contributed by atoms with Crippen molar-refractivity contribution in [2.24, 2.45) is 0 Å². The van der Waals surface area contributed by atoms with Crippen molar-refractivity contribution in [3.8, 4) is 0 Å². The zero-order valence-corrected chi connectivity index (χ0v) is 45.7. The van der Waals surface area contributed by atoms with E-state index in [2.05, 4.69) is 142 Å². The molecule has 0 fully saturated rings. The zero-order valence-electron chi connectivity index (χ0n) is 45.7. The maximum absolute atomic E-state index is 12.8. The van der Waals surface area contributed by atoms with Crippen LogP contribution in [0.1, 0.15) is 239 Å². The molecule has 0 heterocycles. The third-order valence-electron chi connectivity index (χ3n) is 11.6. The molecule has 0 bridgehead atoms. The normalized spacial score (nSPS) is 13.1. The van der Waals surface area contributed by atoms with Crippen molar-refractivity contribution in [1.82, 2.24) is 0 Å². The molecule has 0 unspecified atom stereocenters. The minimum absolute atomic E-state index is 0.125. The van der Waals surface area contributed by atoms with Crippen LogP contribution in [0.4, 0.5) is 0 Å². The number of allylic oxidation sites excluding steroid dienone is 22. The van der Waals surface area contributed by atoms with Gasteiger partial charge in [-0.05, 0) is 128 Å². The minimum Gasteiger partial charge on any atom is -0.462 e. The average Bonchev–Trinajstić information content (AvgIpc) is 3.37. The van der Waals surface area contributed by atoms with Gasteiger partial charge in [0.25, 0.3) is 0 Å². The molecule has 1 atom stereocenters. The summed E-state index contributed by atoms with van der Waals surface area (Å²) in [6.45, 7) is 6.38. The summed E-state index contributed by atoms with van der Waals surface area (Å²) in [6.07, 6.45) is 81.6. The lowest BCUT2D eigenvalue weighted by Crippen LogP contribution is -2.30. The molecular formula is C65H104O6. The molecule has 0 aliphatic rings. The third-order valence-corrected chi connectivity index (χ3v) is 11.6. The Morgan fingerprint density at radius 2 is 0.577 bits per heavy atom. The van der Waals surface area contributed by atoms with Gasteiger partial charge in [0, 0.05) is 19.3 Å². The molecule has 0 aromatic heterocycles. The highest BCUT2D eigenvalue weighted by molar-refractivity contribution is 5.71. The van der Waals surface area contributed by atoms with Gasteiger partial charge >= 0.3 is 17.9 Å². The molecule has 6 heteroatoms. The first-order valence-corrected chi connectivity index (χ1v) is 28.7. The Morgan fingerprint density at radius 1 is 0.296 bits per heavy atom. The average molecular weight is 982 g/mol. The van der Waals surface area contributed by atoms with Crippen molar-refractivity contribution in [1.29, 1.82) is 0 Å². The fourth-order valence-corrected chi connectivity index (χ4v) is 7.33. The van der Waals surface area contributed by atoms with Crippen molar-refractivity contribution in [3.63, 3.8) is 0 Å². The lowest BCUT2D eigenvalue weighted by molar-refractivity contribution is -0.166. The van der Waals surface area contributed by atoms with Gasteiger partial charge in [0.05, 0.1) is 0 Å². The molecule has 0 aromatic carbocycles.